The van der Waals surface area contributed by atoms with Crippen LogP contribution in [-0.4, -0.2) is 15.9 Å². The summed E-state index contributed by atoms with van der Waals surface area (Å²) in [6.07, 6.45) is 1.47. The summed E-state index contributed by atoms with van der Waals surface area (Å²) < 4.78 is 0. The zero-order valence-electron chi connectivity index (χ0n) is 12.9. The average Bonchev–Trinajstić information content (AvgIpc) is 2.64. The predicted octanol–water partition coefficient (Wildman–Crippen LogP) is 4.00. The van der Waals surface area contributed by atoms with Gasteiger partial charge in [-0.25, -0.2) is 9.97 Å². The molecule has 0 fully saturated rings. The summed E-state index contributed by atoms with van der Waals surface area (Å²) in [5, 5.41) is 15.2. The van der Waals surface area contributed by atoms with Gasteiger partial charge in [0.25, 0.3) is 5.91 Å². The number of aromatic nitrogens is 2. The van der Waals surface area contributed by atoms with E-state index in [1.807, 2.05) is 18.2 Å². The normalized spacial score (nSPS) is 9.92. The van der Waals surface area contributed by atoms with E-state index in [0.29, 0.717) is 22.0 Å². The van der Waals surface area contributed by atoms with Crippen molar-refractivity contribution in [2.75, 3.05) is 10.6 Å². The fourth-order valence-electron chi connectivity index (χ4n) is 2.10. The van der Waals surface area contributed by atoms with Gasteiger partial charge in [0, 0.05) is 6.20 Å². The average molecular weight is 350 g/mol. The fraction of sp³-hybridized carbons (Fsp3) is 0. The standard InChI is InChI=1S/C18H12ClN5O/c19-13-6-2-4-8-15(13)23-18-21-10-9-16(24-18)17(25)22-14-7-3-1-5-12(14)11-20/h1-10H,(H,22,25)(H,21,23,24). The predicted molar refractivity (Wildman–Crippen MR) is 95.9 cm³/mol. The third-order valence-electron chi connectivity index (χ3n) is 3.30. The number of nitrogens with one attached hydrogen (secondary N) is 2. The van der Waals surface area contributed by atoms with Crippen molar-refractivity contribution in [1.82, 2.24) is 9.97 Å². The van der Waals surface area contributed by atoms with Crippen molar-refractivity contribution in [2.24, 2.45) is 0 Å². The lowest BCUT2D eigenvalue weighted by Gasteiger charge is -2.09. The second kappa shape index (κ2) is 7.43. The van der Waals surface area contributed by atoms with E-state index in [1.165, 1.54) is 12.3 Å². The highest BCUT2D eigenvalue weighted by molar-refractivity contribution is 6.33. The van der Waals surface area contributed by atoms with Crippen LogP contribution >= 0.6 is 11.6 Å². The minimum absolute atomic E-state index is 0.164. The van der Waals surface area contributed by atoms with E-state index < -0.39 is 5.91 Å². The number of para-hydroxylation sites is 2. The van der Waals surface area contributed by atoms with Crippen LogP contribution < -0.4 is 10.6 Å². The van der Waals surface area contributed by atoms with E-state index in [0.717, 1.165) is 0 Å². The SMILES string of the molecule is N#Cc1ccccc1NC(=O)c1ccnc(Nc2ccccc2Cl)n1. The highest BCUT2D eigenvalue weighted by Gasteiger charge is 2.12. The molecule has 0 atom stereocenters. The number of rotatable bonds is 4. The van der Waals surface area contributed by atoms with Crippen LogP contribution in [0.25, 0.3) is 0 Å². The van der Waals surface area contributed by atoms with Gasteiger partial charge in [-0.1, -0.05) is 35.9 Å². The third kappa shape index (κ3) is 3.91. The molecule has 3 aromatic rings. The van der Waals surface area contributed by atoms with Gasteiger partial charge in [0.2, 0.25) is 5.95 Å². The zero-order valence-corrected chi connectivity index (χ0v) is 13.7. The summed E-state index contributed by atoms with van der Waals surface area (Å²) in [6, 6.07) is 17.4. The summed E-state index contributed by atoms with van der Waals surface area (Å²) in [4.78, 5) is 20.7. The largest absolute Gasteiger partial charge is 0.323 e. The minimum Gasteiger partial charge on any atom is -0.323 e. The quantitative estimate of drug-likeness (QED) is 0.743. The molecule has 122 valence electrons. The fourth-order valence-corrected chi connectivity index (χ4v) is 2.29. The molecule has 6 nitrogen and oxygen atoms in total. The van der Waals surface area contributed by atoms with Crippen LogP contribution in [0.15, 0.2) is 60.8 Å². The molecule has 0 radical (unpaired) electrons. The van der Waals surface area contributed by atoms with Gasteiger partial charge in [-0.3, -0.25) is 4.79 Å². The summed E-state index contributed by atoms with van der Waals surface area (Å²) in [7, 11) is 0. The Labute approximate surface area is 149 Å². The van der Waals surface area contributed by atoms with Gasteiger partial charge in [0.05, 0.1) is 22.0 Å². The maximum Gasteiger partial charge on any atom is 0.274 e. The van der Waals surface area contributed by atoms with Crippen LogP contribution in [0.3, 0.4) is 0 Å². The topological polar surface area (TPSA) is 90.7 Å². The molecule has 0 aliphatic rings. The lowest BCUT2D eigenvalue weighted by atomic mass is 10.2. The van der Waals surface area contributed by atoms with Crippen molar-refractivity contribution in [3.63, 3.8) is 0 Å². The Morgan fingerprint density at radius 2 is 1.76 bits per heavy atom. The van der Waals surface area contributed by atoms with Crippen LogP contribution in [0, 0.1) is 11.3 Å². The molecule has 0 bridgehead atoms. The molecule has 1 aromatic heterocycles. The van der Waals surface area contributed by atoms with Crippen LogP contribution in [-0.2, 0) is 0 Å². The Hall–Kier alpha value is -3.43. The first-order chi connectivity index (χ1) is 12.2. The summed E-state index contributed by atoms with van der Waals surface area (Å²) >= 11 is 6.09. The maximum absolute atomic E-state index is 12.4. The number of nitriles is 1. The van der Waals surface area contributed by atoms with Gasteiger partial charge in [0.1, 0.15) is 11.8 Å². The van der Waals surface area contributed by atoms with Crippen LogP contribution in [0.5, 0.6) is 0 Å². The van der Waals surface area contributed by atoms with Crippen molar-refractivity contribution in [3.05, 3.63) is 77.1 Å². The Morgan fingerprint density at radius 3 is 2.52 bits per heavy atom. The summed E-state index contributed by atoms with van der Waals surface area (Å²) in [5.41, 5.74) is 1.60. The molecule has 0 unspecified atom stereocenters. The molecule has 0 aliphatic heterocycles. The Morgan fingerprint density at radius 1 is 1.04 bits per heavy atom. The van der Waals surface area contributed by atoms with E-state index in [-0.39, 0.29) is 11.6 Å². The van der Waals surface area contributed by atoms with Gasteiger partial charge in [-0.2, -0.15) is 5.26 Å². The summed E-state index contributed by atoms with van der Waals surface area (Å²) in [5.74, 6) is -0.193. The molecule has 1 amide bonds. The number of carbonyl (C=O) groups is 1. The van der Waals surface area contributed by atoms with E-state index in [1.54, 1.807) is 36.4 Å². The molecule has 2 aromatic carbocycles. The second-order valence-electron chi connectivity index (χ2n) is 4.98. The lowest BCUT2D eigenvalue weighted by molar-refractivity contribution is 0.102. The Kier molecular flexibility index (Phi) is 4.88. The van der Waals surface area contributed by atoms with Gasteiger partial charge in [-0.15, -0.1) is 0 Å². The molecular formula is C18H12ClN5O. The first-order valence-corrected chi connectivity index (χ1v) is 7.70. The molecule has 0 saturated carbocycles. The number of amides is 1. The summed E-state index contributed by atoms with van der Waals surface area (Å²) in [6.45, 7) is 0. The molecule has 25 heavy (non-hydrogen) atoms. The molecule has 7 heteroatoms. The van der Waals surface area contributed by atoms with E-state index in [4.69, 9.17) is 16.9 Å². The number of carbonyl (C=O) groups excluding carboxylic acids is 1. The maximum atomic E-state index is 12.4. The highest BCUT2D eigenvalue weighted by atomic mass is 35.5. The molecule has 2 N–H and O–H groups in total. The Balaban J connectivity index is 1.80. The van der Waals surface area contributed by atoms with Gasteiger partial charge in [0.15, 0.2) is 0 Å². The number of halogens is 1. The van der Waals surface area contributed by atoms with Crippen LogP contribution in [0.4, 0.5) is 17.3 Å². The molecule has 0 saturated heterocycles. The lowest BCUT2D eigenvalue weighted by Crippen LogP contribution is -2.15. The van der Waals surface area contributed by atoms with Crippen molar-refractivity contribution in [2.45, 2.75) is 0 Å². The number of nitrogens with zero attached hydrogens (tertiary/aromatic N) is 3. The van der Waals surface area contributed by atoms with Crippen molar-refractivity contribution >= 4 is 34.8 Å². The number of hydrogen-bond acceptors (Lipinski definition) is 5. The van der Waals surface area contributed by atoms with Crippen LogP contribution in [0.1, 0.15) is 16.1 Å². The minimum atomic E-state index is -0.438. The number of hydrogen-bond donors (Lipinski definition) is 2. The van der Waals surface area contributed by atoms with Crippen molar-refractivity contribution < 1.29 is 4.79 Å². The molecule has 3 rings (SSSR count). The Bertz CT molecular complexity index is 967. The zero-order chi connectivity index (χ0) is 17.6. The smallest absolute Gasteiger partial charge is 0.274 e. The first-order valence-electron chi connectivity index (χ1n) is 7.32. The first kappa shape index (κ1) is 16.4. The monoisotopic (exact) mass is 349 g/mol. The number of anilines is 3. The van der Waals surface area contributed by atoms with Crippen molar-refractivity contribution in [3.8, 4) is 6.07 Å². The third-order valence-corrected chi connectivity index (χ3v) is 3.63. The highest BCUT2D eigenvalue weighted by Crippen LogP contribution is 2.23. The van der Waals surface area contributed by atoms with Crippen molar-refractivity contribution in [1.29, 1.82) is 5.26 Å². The van der Waals surface area contributed by atoms with Gasteiger partial charge < -0.3 is 10.6 Å². The van der Waals surface area contributed by atoms with E-state index >= 15 is 0 Å². The van der Waals surface area contributed by atoms with Gasteiger partial charge >= 0.3 is 0 Å². The number of benzene rings is 2. The molecule has 0 spiro atoms. The van der Waals surface area contributed by atoms with Gasteiger partial charge in [-0.05, 0) is 30.3 Å². The molecule has 0 aliphatic carbocycles. The van der Waals surface area contributed by atoms with E-state index in [9.17, 15) is 4.79 Å². The van der Waals surface area contributed by atoms with Crippen LogP contribution in [0.2, 0.25) is 5.02 Å². The second-order valence-corrected chi connectivity index (χ2v) is 5.39. The van der Waals surface area contributed by atoms with E-state index in [2.05, 4.69) is 20.6 Å². The molecular weight excluding hydrogens is 338 g/mol. The molecule has 1 heterocycles.